The molecule has 0 fully saturated rings. The molecule has 5 heteroatoms. The second-order valence-corrected chi connectivity index (χ2v) is 5.91. The minimum atomic E-state index is -0.747. The third-order valence-electron chi connectivity index (χ3n) is 3.24. The number of amides is 1. The fourth-order valence-electron chi connectivity index (χ4n) is 2.04. The molecular weight excluding hydrogens is 301 g/mol. The Morgan fingerprint density at radius 1 is 1.23 bits per heavy atom. The van der Waals surface area contributed by atoms with E-state index >= 15 is 0 Å². The van der Waals surface area contributed by atoms with Crippen LogP contribution >= 0.6 is 11.8 Å². The number of halogens is 1. The van der Waals surface area contributed by atoms with Crippen molar-refractivity contribution in [3.05, 3.63) is 65.5 Å². The number of rotatable bonds is 6. The topological polar surface area (TPSA) is 49.3 Å². The monoisotopic (exact) mass is 319 g/mol. The molecule has 0 aliphatic heterocycles. The number of hydrogen-bond donors (Lipinski definition) is 2. The van der Waals surface area contributed by atoms with E-state index in [2.05, 4.69) is 5.32 Å². The summed E-state index contributed by atoms with van der Waals surface area (Å²) in [6.07, 6.45) is -0.747. The van der Waals surface area contributed by atoms with Crippen molar-refractivity contribution in [1.29, 1.82) is 0 Å². The Bertz CT molecular complexity index is 648. The fourth-order valence-corrected chi connectivity index (χ4v) is 2.81. The van der Waals surface area contributed by atoms with Gasteiger partial charge >= 0.3 is 0 Å². The molecule has 0 saturated heterocycles. The van der Waals surface area contributed by atoms with Gasteiger partial charge in [0.1, 0.15) is 5.82 Å². The van der Waals surface area contributed by atoms with Gasteiger partial charge in [-0.3, -0.25) is 4.79 Å². The molecule has 2 N–H and O–H groups in total. The van der Waals surface area contributed by atoms with Crippen LogP contribution in [0.25, 0.3) is 0 Å². The highest BCUT2D eigenvalue weighted by atomic mass is 32.2. The van der Waals surface area contributed by atoms with Crippen LogP contribution in [0.1, 0.15) is 17.2 Å². The average molecular weight is 319 g/mol. The molecular formula is C17H18FNO2S. The van der Waals surface area contributed by atoms with E-state index in [9.17, 15) is 14.3 Å². The molecule has 0 radical (unpaired) electrons. The van der Waals surface area contributed by atoms with E-state index in [1.165, 1.54) is 6.07 Å². The Balaban J connectivity index is 1.81. The molecule has 0 bridgehead atoms. The summed E-state index contributed by atoms with van der Waals surface area (Å²) in [7, 11) is 0. The van der Waals surface area contributed by atoms with Gasteiger partial charge in [0.15, 0.2) is 0 Å². The zero-order valence-corrected chi connectivity index (χ0v) is 13.1. The maximum Gasteiger partial charge on any atom is 0.230 e. The molecule has 0 aliphatic carbocycles. The maximum atomic E-state index is 13.4. The van der Waals surface area contributed by atoms with Crippen LogP contribution in [0, 0.1) is 12.7 Å². The predicted molar refractivity (Wildman–Crippen MR) is 86.3 cm³/mol. The predicted octanol–water partition coefficient (Wildman–Crippen LogP) is 3.08. The molecule has 22 heavy (non-hydrogen) atoms. The van der Waals surface area contributed by atoms with E-state index in [0.29, 0.717) is 4.90 Å². The Morgan fingerprint density at radius 2 is 1.91 bits per heavy atom. The molecule has 2 aromatic rings. The van der Waals surface area contributed by atoms with Crippen molar-refractivity contribution >= 4 is 17.7 Å². The molecule has 1 amide bonds. The molecule has 1 unspecified atom stereocenters. The van der Waals surface area contributed by atoms with Gasteiger partial charge in [0.05, 0.1) is 11.9 Å². The molecule has 1 atom stereocenters. The zero-order valence-electron chi connectivity index (χ0n) is 12.3. The summed E-state index contributed by atoms with van der Waals surface area (Å²) < 4.78 is 13.4. The Labute approximate surface area is 133 Å². The van der Waals surface area contributed by atoms with Gasteiger partial charge in [-0.05, 0) is 30.2 Å². The van der Waals surface area contributed by atoms with Crippen LogP contribution in [0.15, 0.2) is 53.4 Å². The van der Waals surface area contributed by atoms with Crippen molar-refractivity contribution in [2.75, 3.05) is 12.3 Å². The Morgan fingerprint density at radius 3 is 2.64 bits per heavy atom. The van der Waals surface area contributed by atoms with E-state index in [-0.39, 0.29) is 24.0 Å². The average Bonchev–Trinajstić information content (AvgIpc) is 2.52. The summed E-state index contributed by atoms with van der Waals surface area (Å²) in [6, 6.07) is 13.8. The normalized spacial score (nSPS) is 12.0. The lowest BCUT2D eigenvalue weighted by Crippen LogP contribution is -2.30. The fraction of sp³-hybridized carbons (Fsp3) is 0.235. The standard InChI is InChI=1S/C17H18FNO2S/c1-12-6-2-3-7-13(12)15(20)10-19-17(21)11-22-16-9-5-4-8-14(16)18/h2-9,15,20H,10-11H2,1H3,(H,19,21). The summed E-state index contributed by atoms with van der Waals surface area (Å²) in [5.74, 6) is -0.456. The quantitative estimate of drug-likeness (QED) is 0.805. The number of carbonyl (C=O) groups is 1. The number of benzene rings is 2. The second-order valence-electron chi connectivity index (χ2n) is 4.90. The Hall–Kier alpha value is -1.85. The molecule has 0 saturated carbocycles. The number of thioether (sulfide) groups is 1. The minimum Gasteiger partial charge on any atom is -0.387 e. The van der Waals surface area contributed by atoms with Crippen LogP contribution in [0.4, 0.5) is 4.39 Å². The maximum absolute atomic E-state index is 13.4. The van der Waals surface area contributed by atoms with Gasteiger partial charge in [0, 0.05) is 11.4 Å². The van der Waals surface area contributed by atoms with Gasteiger partial charge in [-0.1, -0.05) is 36.4 Å². The summed E-state index contributed by atoms with van der Waals surface area (Å²) >= 11 is 1.14. The van der Waals surface area contributed by atoms with Gasteiger partial charge in [-0.25, -0.2) is 4.39 Å². The first-order valence-electron chi connectivity index (χ1n) is 6.95. The molecule has 0 aliphatic rings. The second kappa shape index (κ2) is 7.96. The van der Waals surface area contributed by atoms with Crippen LogP contribution in [-0.2, 0) is 4.79 Å². The molecule has 0 aromatic heterocycles. The lowest BCUT2D eigenvalue weighted by molar-refractivity contribution is -0.119. The highest BCUT2D eigenvalue weighted by Crippen LogP contribution is 2.21. The van der Waals surface area contributed by atoms with E-state index in [0.717, 1.165) is 22.9 Å². The number of aliphatic hydroxyl groups excluding tert-OH is 1. The lowest BCUT2D eigenvalue weighted by Gasteiger charge is -2.14. The van der Waals surface area contributed by atoms with Crippen LogP contribution in [0.3, 0.4) is 0 Å². The molecule has 116 valence electrons. The number of nitrogens with one attached hydrogen (secondary N) is 1. The van der Waals surface area contributed by atoms with E-state index in [1.54, 1.807) is 18.2 Å². The van der Waals surface area contributed by atoms with Crippen LogP contribution < -0.4 is 5.32 Å². The third-order valence-corrected chi connectivity index (χ3v) is 4.28. The smallest absolute Gasteiger partial charge is 0.230 e. The Kier molecular flexibility index (Phi) is 5.98. The molecule has 0 spiro atoms. The van der Waals surface area contributed by atoms with Crippen LogP contribution in [0.5, 0.6) is 0 Å². The van der Waals surface area contributed by atoms with Crippen molar-refractivity contribution < 1.29 is 14.3 Å². The molecule has 0 heterocycles. The van der Waals surface area contributed by atoms with Crippen LogP contribution in [-0.4, -0.2) is 23.3 Å². The van der Waals surface area contributed by atoms with E-state index < -0.39 is 6.10 Å². The first kappa shape index (κ1) is 16.5. The van der Waals surface area contributed by atoms with Crippen molar-refractivity contribution in [3.8, 4) is 0 Å². The zero-order chi connectivity index (χ0) is 15.9. The van der Waals surface area contributed by atoms with Crippen molar-refractivity contribution in [3.63, 3.8) is 0 Å². The van der Waals surface area contributed by atoms with Gasteiger partial charge in [0.2, 0.25) is 5.91 Å². The van der Waals surface area contributed by atoms with E-state index in [1.807, 2.05) is 31.2 Å². The highest BCUT2D eigenvalue weighted by Gasteiger charge is 2.12. The number of hydrogen-bond acceptors (Lipinski definition) is 3. The summed E-state index contributed by atoms with van der Waals surface area (Å²) in [5.41, 5.74) is 1.77. The van der Waals surface area contributed by atoms with Crippen LogP contribution in [0.2, 0.25) is 0 Å². The van der Waals surface area contributed by atoms with Gasteiger partial charge in [-0.15, -0.1) is 11.8 Å². The minimum absolute atomic E-state index is 0.113. The largest absolute Gasteiger partial charge is 0.387 e. The van der Waals surface area contributed by atoms with Gasteiger partial charge in [-0.2, -0.15) is 0 Å². The third kappa shape index (κ3) is 4.58. The van der Waals surface area contributed by atoms with Crippen molar-refractivity contribution in [2.45, 2.75) is 17.9 Å². The van der Waals surface area contributed by atoms with Gasteiger partial charge in [0.25, 0.3) is 0 Å². The lowest BCUT2D eigenvalue weighted by atomic mass is 10.0. The molecule has 2 aromatic carbocycles. The van der Waals surface area contributed by atoms with Crippen molar-refractivity contribution in [1.82, 2.24) is 5.32 Å². The number of carbonyl (C=O) groups excluding carboxylic acids is 1. The highest BCUT2D eigenvalue weighted by molar-refractivity contribution is 8.00. The summed E-state index contributed by atoms with van der Waals surface area (Å²) in [4.78, 5) is 12.2. The molecule has 3 nitrogen and oxygen atoms in total. The van der Waals surface area contributed by atoms with Crippen molar-refractivity contribution in [2.24, 2.45) is 0 Å². The number of aliphatic hydroxyl groups is 1. The summed E-state index contributed by atoms with van der Waals surface area (Å²) in [6.45, 7) is 2.05. The first-order valence-corrected chi connectivity index (χ1v) is 7.94. The van der Waals surface area contributed by atoms with Gasteiger partial charge < -0.3 is 10.4 Å². The molecule has 2 rings (SSSR count). The van der Waals surface area contributed by atoms with E-state index in [4.69, 9.17) is 0 Å². The first-order chi connectivity index (χ1) is 10.6. The SMILES string of the molecule is Cc1ccccc1C(O)CNC(=O)CSc1ccccc1F. The number of aryl methyl sites for hydroxylation is 1. The summed E-state index contributed by atoms with van der Waals surface area (Å²) in [5, 5.41) is 12.8.